The van der Waals surface area contributed by atoms with E-state index in [0.717, 1.165) is 0 Å². The molecule has 6 heteroatoms. The van der Waals surface area contributed by atoms with Crippen molar-refractivity contribution in [2.45, 2.75) is 26.4 Å². The lowest BCUT2D eigenvalue weighted by Gasteiger charge is -2.35. The highest BCUT2D eigenvalue weighted by Gasteiger charge is 2.39. The first-order chi connectivity index (χ1) is 9.70. The summed E-state index contributed by atoms with van der Waals surface area (Å²) in [5.74, 6) is -1.57. The third-order valence-electron chi connectivity index (χ3n) is 3.17. The summed E-state index contributed by atoms with van der Waals surface area (Å²) < 4.78 is 15.6. The highest BCUT2D eigenvalue weighted by atomic mass is 16.6. The molecule has 0 aliphatic carbocycles. The van der Waals surface area contributed by atoms with Crippen LogP contribution >= 0.6 is 0 Å². The van der Waals surface area contributed by atoms with Gasteiger partial charge in [0, 0.05) is 30.8 Å². The van der Waals surface area contributed by atoms with E-state index in [0.29, 0.717) is 0 Å². The molecule has 0 saturated heterocycles. The number of hydrogen-bond acceptors (Lipinski definition) is 6. The molecule has 0 amide bonds. The van der Waals surface area contributed by atoms with Gasteiger partial charge in [-0.1, -0.05) is 20.1 Å². The van der Waals surface area contributed by atoms with Gasteiger partial charge >= 0.3 is 11.9 Å². The van der Waals surface area contributed by atoms with Crippen molar-refractivity contribution in [3.8, 4) is 0 Å². The number of aliphatic hydroxyl groups excluding tert-OH is 1. The van der Waals surface area contributed by atoms with E-state index in [1.165, 1.54) is 21.0 Å². The van der Waals surface area contributed by atoms with Gasteiger partial charge in [-0.2, -0.15) is 0 Å². The highest BCUT2D eigenvalue weighted by Crippen LogP contribution is 2.23. The van der Waals surface area contributed by atoms with Crippen LogP contribution in [0.4, 0.5) is 0 Å². The molecular formula is C15H24O6. The minimum atomic E-state index is -1.13. The van der Waals surface area contributed by atoms with Crippen molar-refractivity contribution in [2.75, 3.05) is 26.9 Å². The standard InChI is InChI=1S/C15H24O6/c1-10(2)13(17)20-8-15(19-6,12(5)7-16)9-21-14(18)11(3)4/h12,16H,1,3,7-9H2,2,4-6H3. The van der Waals surface area contributed by atoms with Crippen molar-refractivity contribution >= 4 is 11.9 Å². The zero-order valence-electron chi connectivity index (χ0n) is 13.1. The van der Waals surface area contributed by atoms with Crippen molar-refractivity contribution in [1.82, 2.24) is 0 Å². The maximum atomic E-state index is 11.5. The highest BCUT2D eigenvalue weighted by molar-refractivity contribution is 5.87. The molecule has 0 aromatic heterocycles. The quantitative estimate of drug-likeness (QED) is 0.509. The molecule has 0 rings (SSSR count). The Labute approximate surface area is 125 Å². The predicted octanol–water partition coefficient (Wildman–Crippen LogP) is 1.24. The van der Waals surface area contributed by atoms with E-state index in [1.807, 2.05) is 0 Å². The molecular weight excluding hydrogens is 276 g/mol. The molecule has 0 radical (unpaired) electrons. The summed E-state index contributed by atoms with van der Waals surface area (Å²) in [6.07, 6.45) is 0. The van der Waals surface area contributed by atoms with Gasteiger partial charge in [0.2, 0.25) is 0 Å². The number of carbonyl (C=O) groups excluding carboxylic acids is 2. The molecule has 0 heterocycles. The molecule has 1 N–H and O–H groups in total. The van der Waals surface area contributed by atoms with Crippen LogP contribution < -0.4 is 0 Å². The summed E-state index contributed by atoms with van der Waals surface area (Å²) in [6, 6.07) is 0. The van der Waals surface area contributed by atoms with Crippen LogP contribution in [0.5, 0.6) is 0 Å². The van der Waals surface area contributed by atoms with E-state index in [1.54, 1.807) is 6.92 Å². The number of rotatable bonds is 9. The van der Waals surface area contributed by atoms with Gasteiger partial charge in [0.25, 0.3) is 0 Å². The number of esters is 2. The third kappa shape index (κ3) is 5.69. The lowest BCUT2D eigenvalue weighted by atomic mass is 9.90. The second-order valence-electron chi connectivity index (χ2n) is 5.07. The van der Waals surface area contributed by atoms with E-state index in [2.05, 4.69) is 13.2 Å². The minimum absolute atomic E-state index is 0.166. The molecule has 21 heavy (non-hydrogen) atoms. The molecule has 0 spiro atoms. The number of methoxy groups -OCH3 is 1. The van der Waals surface area contributed by atoms with E-state index in [-0.39, 0.29) is 31.0 Å². The van der Waals surface area contributed by atoms with Gasteiger partial charge < -0.3 is 19.3 Å². The fraction of sp³-hybridized carbons (Fsp3) is 0.600. The van der Waals surface area contributed by atoms with E-state index in [9.17, 15) is 14.7 Å². The van der Waals surface area contributed by atoms with Crippen LogP contribution in [-0.4, -0.2) is 49.6 Å². The number of hydrogen-bond donors (Lipinski definition) is 1. The first-order valence-electron chi connectivity index (χ1n) is 6.51. The van der Waals surface area contributed by atoms with Gasteiger partial charge in [0.1, 0.15) is 18.8 Å². The first-order valence-corrected chi connectivity index (χ1v) is 6.51. The van der Waals surface area contributed by atoms with Crippen molar-refractivity contribution in [3.63, 3.8) is 0 Å². The third-order valence-corrected chi connectivity index (χ3v) is 3.17. The molecule has 0 aliphatic heterocycles. The Morgan fingerprint density at radius 3 is 1.71 bits per heavy atom. The monoisotopic (exact) mass is 300 g/mol. The maximum absolute atomic E-state index is 11.5. The Morgan fingerprint density at radius 2 is 1.48 bits per heavy atom. The van der Waals surface area contributed by atoms with Crippen molar-refractivity contribution in [3.05, 3.63) is 24.3 Å². The fourth-order valence-electron chi connectivity index (χ4n) is 1.43. The number of aliphatic hydroxyl groups is 1. The summed E-state index contributed by atoms with van der Waals surface area (Å²) >= 11 is 0. The Bertz CT molecular complexity index is 382. The van der Waals surface area contributed by atoms with Crippen molar-refractivity contribution in [2.24, 2.45) is 5.92 Å². The van der Waals surface area contributed by atoms with Crippen LogP contribution in [0.3, 0.4) is 0 Å². The van der Waals surface area contributed by atoms with Crippen LogP contribution in [0.1, 0.15) is 20.8 Å². The molecule has 0 fully saturated rings. The first kappa shape index (κ1) is 19.3. The van der Waals surface area contributed by atoms with E-state index < -0.39 is 23.5 Å². The van der Waals surface area contributed by atoms with Gasteiger partial charge in [-0.15, -0.1) is 0 Å². The Morgan fingerprint density at radius 1 is 1.10 bits per heavy atom. The summed E-state index contributed by atoms with van der Waals surface area (Å²) in [6.45, 7) is 11.2. The minimum Gasteiger partial charge on any atom is -0.459 e. The van der Waals surface area contributed by atoms with Gasteiger partial charge in [0.15, 0.2) is 0 Å². The van der Waals surface area contributed by atoms with Crippen LogP contribution in [0.2, 0.25) is 0 Å². The van der Waals surface area contributed by atoms with Crippen molar-refractivity contribution in [1.29, 1.82) is 0 Å². The summed E-state index contributed by atoms with van der Waals surface area (Å²) in [5.41, 5.74) is -0.642. The SMILES string of the molecule is C=C(C)C(=O)OCC(COC(=O)C(=C)C)(OC)C(C)CO. The van der Waals surface area contributed by atoms with Gasteiger partial charge in [-0.3, -0.25) is 0 Å². The molecule has 0 saturated carbocycles. The van der Waals surface area contributed by atoms with Gasteiger partial charge in [-0.05, 0) is 13.8 Å². The summed E-state index contributed by atoms with van der Waals surface area (Å²) in [4.78, 5) is 23.0. The molecule has 1 atom stereocenters. The van der Waals surface area contributed by atoms with Crippen LogP contribution in [-0.2, 0) is 23.8 Å². The van der Waals surface area contributed by atoms with Crippen LogP contribution in [0, 0.1) is 5.92 Å². The lowest BCUT2D eigenvalue weighted by Crippen LogP contribution is -2.50. The zero-order valence-corrected chi connectivity index (χ0v) is 13.1. The summed E-state index contributed by atoms with van der Waals surface area (Å²) in [7, 11) is 1.40. The second-order valence-corrected chi connectivity index (χ2v) is 5.07. The number of carbonyl (C=O) groups is 2. The lowest BCUT2D eigenvalue weighted by molar-refractivity contribution is -0.174. The zero-order chi connectivity index (χ0) is 16.6. The molecule has 0 aromatic rings. The van der Waals surface area contributed by atoms with E-state index in [4.69, 9.17) is 14.2 Å². The molecule has 120 valence electrons. The molecule has 6 nitrogen and oxygen atoms in total. The topological polar surface area (TPSA) is 82.1 Å². The molecule has 0 aromatic carbocycles. The maximum Gasteiger partial charge on any atom is 0.333 e. The fourth-order valence-corrected chi connectivity index (χ4v) is 1.43. The van der Waals surface area contributed by atoms with E-state index >= 15 is 0 Å². The second kappa shape index (κ2) is 8.59. The predicted molar refractivity (Wildman–Crippen MR) is 77.5 cm³/mol. The molecule has 0 bridgehead atoms. The molecule has 1 unspecified atom stereocenters. The smallest absolute Gasteiger partial charge is 0.333 e. The van der Waals surface area contributed by atoms with Crippen LogP contribution in [0.15, 0.2) is 24.3 Å². The summed E-state index contributed by atoms with van der Waals surface area (Å²) in [5, 5.41) is 9.35. The average molecular weight is 300 g/mol. The normalized spacial score (nSPS) is 12.4. The molecule has 0 aliphatic rings. The average Bonchev–Trinajstić information content (AvgIpc) is 2.46. The Balaban J connectivity index is 4.99. The van der Waals surface area contributed by atoms with Crippen molar-refractivity contribution < 1.29 is 28.9 Å². The van der Waals surface area contributed by atoms with Gasteiger partial charge in [0.05, 0.1) is 0 Å². The number of ether oxygens (including phenoxy) is 3. The largest absolute Gasteiger partial charge is 0.459 e. The van der Waals surface area contributed by atoms with Crippen LogP contribution in [0.25, 0.3) is 0 Å². The van der Waals surface area contributed by atoms with Gasteiger partial charge in [-0.25, -0.2) is 9.59 Å². The Kier molecular flexibility index (Phi) is 7.91. The Hall–Kier alpha value is -1.66.